The summed E-state index contributed by atoms with van der Waals surface area (Å²) >= 11 is 0. The molecule has 1 aliphatic heterocycles. The van der Waals surface area contributed by atoms with Gasteiger partial charge in [-0.15, -0.1) is 0 Å². The monoisotopic (exact) mass is 303 g/mol. The van der Waals surface area contributed by atoms with E-state index in [1.165, 1.54) is 0 Å². The van der Waals surface area contributed by atoms with Crippen LogP contribution in [-0.2, 0) is 6.54 Å². The lowest BCUT2D eigenvalue weighted by Crippen LogP contribution is -2.42. The Kier molecular flexibility index (Phi) is 6.24. The quantitative estimate of drug-likeness (QED) is 0.766. The van der Waals surface area contributed by atoms with Gasteiger partial charge < -0.3 is 15.5 Å². The standard InChI is InChI=1S/C17H25N3O2/c1-19(8-9-20-6-4-17(18)5-7-20)11-16-10-14(12-21)2-3-15(16)13-22/h2-3,10,12-13,17H,4-9,11,18H2,1H3. The molecule has 0 amide bonds. The predicted molar refractivity (Wildman–Crippen MR) is 87.2 cm³/mol. The van der Waals surface area contributed by atoms with Crippen molar-refractivity contribution in [2.75, 3.05) is 33.2 Å². The molecule has 0 atom stereocenters. The second-order valence-corrected chi connectivity index (χ2v) is 6.11. The molecule has 2 N–H and O–H groups in total. The molecular formula is C17H25N3O2. The van der Waals surface area contributed by atoms with E-state index < -0.39 is 0 Å². The lowest BCUT2D eigenvalue weighted by molar-refractivity contribution is 0.111. The Hall–Kier alpha value is -1.56. The first-order valence-electron chi connectivity index (χ1n) is 7.82. The average molecular weight is 303 g/mol. The molecule has 0 saturated carbocycles. The first-order chi connectivity index (χ1) is 10.6. The van der Waals surface area contributed by atoms with Gasteiger partial charge in [0.15, 0.2) is 0 Å². The molecule has 1 fully saturated rings. The van der Waals surface area contributed by atoms with E-state index in [1.807, 2.05) is 7.05 Å². The molecule has 120 valence electrons. The topological polar surface area (TPSA) is 66.6 Å². The van der Waals surface area contributed by atoms with Crippen LogP contribution in [0.3, 0.4) is 0 Å². The highest BCUT2D eigenvalue weighted by atomic mass is 16.1. The molecule has 2 rings (SSSR count). The molecule has 0 radical (unpaired) electrons. The molecule has 1 aromatic rings. The molecule has 5 nitrogen and oxygen atoms in total. The van der Waals surface area contributed by atoms with Gasteiger partial charge in [0.05, 0.1) is 0 Å². The summed E-state index contributed by atoms with van der Waals surface area (Å²) in [5, 5.41) is 0. The minimum Gasteiger partial charge on any atom is -0.328 e. The molecule has 1 aliphatic rings. The summed E-state index contributed by atoms with van der Waals surface area (Å²) < 4.78 is 0. The van der Waals surface area contributed by atoms with Crippen LogP contribution in [0.25, 0.3) is 0 Å². The molecular weight excluding hydrogens is 278 g/mol. The maximum atomic E-state index is 11.1. The third kappa shape index (κ3) is 4.73. The van der Waals surface area contributed by atoms with E-state index in [4.69, 9.17) is 5.73 Å². The number of aldehydes is 2. The molecule has 0 spiro atoms. The molecule has 0 bridgehead atoms. The van der Waals surface area contributed by atoms with Crippen LogP contribution in [0.4, 0.5) is 0 Å². The number of hydrogen-bond donors (Lipinski definition) is 1. The smallest absolute Gasteiger partial charge is 0.150 e. The molecule has 1 heterocycles. The highest BCUT2D eigenvalue weighted by Gasteiger charge is 2.16. The fraction of sp³-hybridized carbons (Fsp3) is 0.529. The van der Waals surface area contributed by atoms with E-state index in [0.717, 1.165) is 57.2 Å². The highest BCUT2D eigenvalue weighted by Crippen LogP contribution is 2.12. The van der Waals surface area contributed by atoms with Gasteiger partial charge in [0, 0.05) is 36.8 Å². The van der Waals surface area contributed by atoms with E-state index in [1.54, 1.807) is 18.2 Å². The van der Waals surface area contributed by atoms with Crippen molar-refractivity contribution in [3.05, 3.63) is 34.9 Å². The van der Waals surface area contributed by atoms with Crippen molar-refractivity contribution in [3.8, 4) is 0 Å². The van der Waals surface area contributed by atoms with E-state index in [2.05, 4.69) is 9.80 Å². The average Bonchev–Trinajstić information content (AvgIpc) is 2.54. The molecule has 0 aliphatic carbocycles. The van der Waals surface area contributed by atoms with E-state index >= 15 is 0 Å². The Morgan fingerprint density at radius 3 is 2.64 bits per heavy atom. The van der Waals surface area contributed by atoms with Gasteiger partial charge >= 0.3 is 0 Å². The zero-order valence-electron chi connectivity index (χ0n) is 13.2. The number of carbonyl (C=O) groups excluding carboxylic acids is 2. The zero-order valence-corrected chi connectivity index (χ0v) is 13.2. The van der Waals surface area contributed by atoms with Crippen molar-refractivity contribution in [2.24, 2.45) is 5.73 Å². The molecule has 5 heteroatoms. The number of hydrogen-bond acceptors (Lipinski definition) is 5. The minimum atomic E-state index is 0.357. The van der Waals surface area contributed by atoms with Crippen molar-refractivity contribution in [2.45, 2.75) is 25.4 Å². The molecule has 0 unspecified atom stereocenters. The van der Waals surface area contributed by atoms with Crippen LogP contribution < -0.4 is 5.73 Å². The van der Waals surface area contributed by atoms with E-state index in [0.29, 0.717) is 23.7 Å². The van der Waals surface area contributed by atoms with Gasteiger partial charge in [0.25, 0.3) is 0 Å². The van der Waals surface area contributed by atoms with Crippen LogP contribution in [-0.4, -0.2) is 61.6 Å². The summed E-state index contributed by atoms with van der Waals surface area (Å²) in [5.74, 6) is 0. The molecule has 1 aromatic carbocycles. The third-order valence-electron chi connectivity index (χ3n) is 4.30. The Morgan fingerprint density at radius 2 is 2.00 bits per heavy atom. The number of likely N-dealkylation sites (N-methyl/N-ethyl adjacent to an activating group) is 1. The van der Waals surface area contributed by atoms with Gasteiger partial charge in [-0.05, 0) is 44.6 Å². The number of nitrogens with two attached hydrogens (primary N) is 1. The summed E-state index contributed by atoms with van der Waals surface area (Å²) in [5.41, 5.74) is 8.09. The number of benzene rings is 1. The zero-order chi connectivity index (χ0) is 15.9. The molecule has 1 saturated heterocycles. The van der Waals surface area contributed by atoms with Crippen molar-refractivity contribution in [1.29, 1.82) is 0 Å². The number of carbonyl (C=O) groups is 2. The fourth-order valence-corrected chi connectivity index (χ4v) is 2.81. The van der Waals surface area contributed by atoms with E-state index in [9.17, 15) is 9.59 Å². The highest BCUT2D eigenvalue weighted by molar-refractivity contribution is 5.81. The number of piperidine rings is 1. The lowest BCUT2D eigenvalue weighted by atomic mass is 10.0. The third-order valence-corrected chi connectivity index (χ3v) is 4.30. The van der Waals surface area contributed by atoms with Crippen LogP contribution in [0, 0.1) is 0 Å². The van der Waals surface area contributed by atoms with Crippen LogP contribution >= 0.6 is 0 Å². The van der Waals surface area contributed by atoms with E-state index in [-0.39, 0.29) is 0 Å². The predicted octanol–water partition coefficient (Wildman–Crippen LogP) is 1.17. The van der Waals surface area contributed by atoms with Crippen LogP contribution in [0.2, 0.25) is 0 Å². The van der Waals surface area contributed by atoms with Crippen molar-refractivity contribution >= 4 is 12.6 Å². The van der Waals surface area contributed by atoms with Gasteiger partial charge in [-0.1, -0.05) is 12.1 Å². The van der Waals surface area contributed by atoms with Gasteiger partial charge in [-0.2, -0.15) is 0 Å². The maximum absolute atomic E-state index is 11.1. The van der Waals surface area contributed by atoms with Gasteiger partial charge in [0.1, 0.15) is 12.6 Å². The van der Waals surface area contributed by atoms with Crippen LogP contribution in [0.5, 0.6) is 0 Å². The molecule has 22 heavy (non-hydrogen) atoms. The van der Waals surface area contributed by atoms with Gasteiger partial charge in [0.2, 0.25) is 0 Å². The Bertz CT molecular complexity index is 511. The summed E-state index contributed by atoms with van der Waals surface area (Å²) in [6.45, 7) is 4.74. The second kappa shape index (κ2) is 8.17. The van der Waals surface area contributed by atoms with Crippen molar-refractivity contribution < 1.29 is 9.59 Å². The van der Waals surface area contributed by atoms with Gasteiger partial charge in [-0.25, -0.2) is 0 Å². The Morgan fingerprint density at radius 1 is 1.27 bits per heavy atom. The van der Waals surface area contributed by atoms with Gasteiger partial charge in [-0.3, -0.25) is 9.59 Å². The normalized spacial score (nSPS) is 16.9. The number of nitrogens with zero attached hydrogens (tertiary/aromatic N) is 2. The lowest BCUT2D eigenvalue weighted by Gasteiger charge is -2.31. The Labute approximate surface area is 132 Å². The number of rotatable bonds is 7. The first kappa shape index (κ1) is 16.8. The van der Waals surface area contributed by atoms with Crippen LogP contribution in [0.15, 0.2) is 18.2 Å². The largest absolute Gasteiger partial charge is 0.328 e. The Balaban J connectivity index is 1.87. The van der Waals surface area contributed by atoms with Crippen molar-refractivity contribution in [1.82, 2.24) is 9.80 Å². The summed E-state index contributed by atoms with van der Waals surface area (Å²) in [6, 6.07) is 5.55. The first-order valence-corrected chi connectivity index (χ1v) is 7.82. The maximum Gasteiger partial charge on any atom is 0.150 e. The van der Waals surface area contributed by atoms with Crippen molar-refractivity contribution in [3.63, 3.8) is 0 Å². The SMILES string of the molecule is CN(CCN1CCC(N)CC1)Cc1cc(C=O)ccc1C=O. The minimum absolute atomic E-state index is 0.357. The van der Waals surface area contributed by atoms with Crippen LogP contribution in [0.1, 0.15) is 39.1 Å². The summed E-state index contributed by atoms with van der Waals surface area (Å²) in [4.78, 5) is 26.6. The summed E-state index contributed by atoms with van der Waals surface area (Å²) in [6.07, 6.45) is 3.81. The summed E-state index contributed by atoms with van der Waals surface area (Å²) in [7, 11) is 2.04. The second-order valence-electron chi connectivity index (χ2n) is 6.11. The number of likely N-dealkylation sites (tertiary alicyclic amines) is 1. The molecule has 0 aromatic heterocycles. The fourth-order valence-electron chi connectivity index (χ4n) is 2.81.